The summed E-state index contributed by atoms with van der Waals surface area (Å²) in [6.45, 7) is 1.50. The summed E-state index contributed by atoms with van der Waals surface area (Å²) in [7, 11) is -3.69. The van der Waals surface area contributed by atoms with E-state index in [-0.39, 0.29) is 11.3 Å². The number of nitrogens with one attached hydrogen (secondary N) is 1. The maximum Gasteiger partial charge on any atom is 0.304 e. The minimum absolute atomic E-state index is 0.103. The lowest BCUT2D eigenvalue weighted by atomic mass is 10.3. The number of sulfonamides is 1. The van der Waals surface area contributed by atoms with E-state index in [1.54, 1.807) is 0 Å². The standard InChI is InChI=1S/C8H9Br2NO4S2/c1-4(2-7(12)13)11-17(14,15)5-3-6(9)16-8(5)10/h3-4,11H,2H2,1H3,(H,12,13). The Morgan fingerprint density at radius 1 is 1.59 bits per heavy atom. The van der Waals surface area contributed by atoms with Crippen LogP contribution in [0, 0.1) is 0 Å². The van der Waals surface area contributed by atoms with Gasteiger partial charge in [0.25, 0.3) is 0 Å². The van der Waals surface area contributed by atoms with Crippen LogP contribution in [0.15, 0.2) is 18.5 Å². The summed E-state index contributed by atoms with van der Waals surface area (Å²) in [5.41, 5.74) is 0. The first kappa shape index (κ1) is 15.1. The topological polar surface area (TPSA) is 83.5 Å². The monoisotopic (exact) mass is 405 g/mol. The molecule has 1 rings (SSSR count). The van der Waals surface area contributed by atoms with Gasteiger partial charge in [-0.25, -0.2) is 13.1 Å². The maximum absolute atomic E-state index is 11.9. The number of carboxylic acids is 1. The SMILES string of the molecule is CC(CC(=O)O)NS(=O)(=O)c1cc(Br)sc1Br. The molecule has 0 spiro atoms. The summed E-state index contributed by atoms with van der Waals surface area (Å²) < 4.78 is 27.3. The fourth-order valence-corrected chi connectivity index (χ4v) is 6.20. The van der Waals surface area contributed by atoms with E-state index in [0.29, 0.717) is 7.57 Å². The van der Waals surface area contributed by atoms with Gasteiger partial charge >= 0.3 is 5.97 Å². The van der Waals surface area contributed by atoms with Crippen LogP contribution in [0.3, 0.4) is 0 Å². The van der Waals surface area contributed by atoms with Gasteiger partial charge in [0.1, 0.15) is 4.90 Å². The van der Waals surface area contributed by atoms with E-state index >= 15 is 0 Å². The molecule has 96 valence electrons. The van der Waals surface area contributed by atoms with Gasteiger partial charge in [0, 0.05) is 6.04 Å². The van der Waals surface area contributed by atoms with Gasteiger partial charge in [-0.05, 0) is 44.8 Å². The van der Waals surface area contributed by atoms with E-state index < -0.39 is 22.0 Å². The lowest BCUT2D eigenvalue weighted by molar-refractivity contribution is -0.137. The summed E-state index contributed by atoms with van der Waals surface area (Å²) in [4.78, 5) is 10.6. The second-order valence-electron chi connectivity index (χ2n) is 3.31. The quantitative estimate of drug-likeness (QED) is 0.786. The number of thiophene rings is 1. The first-order valence-corrected chi connectivity index (χ1v) is 8.30. The van der Waals surface area contributed by atoms with Gasteiger partial charge in [-0.15, -0.1) is 11.3 Å². The van der Waals surface area contributed by atoms with Crippen molar-refractivity contribution in [3.8, 4) is 0 Å². The van der Waals surface area contributed by atoms with Crippen LogP contribution >= 0.6 is 43.2 Å². The Kier molecular flexibility index (Phi) is 5.14. The van der Waals surface area contributed by atoms with Gasteiger partial charge < -0.3 is 5.11 Å². The Bertz CT molecular complexity index is 526. The Morgan fingerprint density at radius 3 is 2.59 bits per heavy atom. The van der Waals surface area contributed by atoms with Gasteiger partial charge in [-0.1, -0.05) is 0 Å². The van der Waals surface area contributed by atoms with Crippen LogP contribution < -0.4 is 4.72 Å². The first-order chi connectivity index (χ1) is 7.72. The molecular weight excluding hydrogens is 398 g/mol. The van der Waals surface area contributed by atoms with Crippen molar-refractivity contribution in [3.63, 3.8) is 0 Å². The summed E-state index contributed by atoms with van der Waals surface area (Å²) in [6.07, 6.45) is -0.262. The van der Waals surface area contributed by atoms with E-state index in [9.17, 15) is 13.2 Å². The first-order valence-electron chi connectivity index (χ1n) is 4.41. The number of hydrogen-bond acceptors (Lipinski definition) is 4. The van der Waals surface area contributed by atoms with Crippen molar-refractivity contribution in [2.24, 2.45) is 0 Å². The largest absolute Gasteiger partial charge is 0.481 e. The van der Waals surface area contributed by atoms with E-state index in [4.69, 9.17) is 5.11 Å². The zero-order valence-corrected chi connectivity index (χ0v) is 13.4. The molecule has 2 N–H and O–H groups in total. The van der Waals surface area contributed by atoms with E-state index in [1.165, 1.54) is 24.3 Å². The number of halogens is 2. The highest BCUT2D eigenvalue weighted by Gasteiger charge is 2.23. The molecule has 0 radical (unpaired) electrons. The normalized spacial score (nSPS) is 13.6. The van der Waals surface area contributed by atoms with E-state index in [2.05, 4.69) is 36.6 Å². The molecular formula is C8H9Br2NO4S2. The molecule has 0 aromatic carbocycles. The van der Waals surface area contributed by atoms with Gasteiger partial charge in [-0.2, -0.15) is 0 Å². The van der Waals surface area contributed by atoms with Crippen LogP contribution in [-0.4, -0.2) is 25.5 Å². The molecule has 0 saturated heterocycles. The number of carboxylic acid groups (broad SMARTS) is 1. The highest BCUT2D eigenvalue weighted by molar-refractivity contribution is 9.12. The Balaban J connectivity index is 2.89. The highest BCUT2D eigenvalue weighted by atomic mass is 79.9. The van der Waals surface area contributed by atoms with Gasteiger partial charge in [0.05, 0.1) is 14.0 Å². The molecule has 0 fully saturated rings. The molecule has 17 heavy (non-hydrogen) atoms. The lowest BCUT2D eigenvalue weighted by Crippen LogP contribution is -2.34. The number of hydrogen-bond donors (Lipinski definition) is 2. The van der Waals surface area contributed by atoms with Crippen LogP contribution in [0.5, 0.6) is 0 Å². The molecule has 1 aromatic heterocycles. The molecule has 0 aliphatic heterocycles. The third kappa shape index (κ3) is 4.32. The minimum Gasteiger partial charge on any atom is -0.481 e. The highest BCUT2D eigenvalue weighted by Crippen LogP contribution is 2.34. The summed E-state index contributed by atoms with van der Waals surface area (Å²) in [5.74, 6) is -1.05. The molecule has 0 saturated carbocycles. The third-order valence-corrected chi connectivity index (χ3v) is 6.10. The predicted octanol–water partition coefficient (Wildman–Crippen LogP) is 2.41. The molecule has 0 aliphatic rings. The van der Waals surface area contributed by atoms with Crippen molar-refractivity contribution < 1.29 is 18.3 Å². The number of aliphatic carboxylic acids is 1. The predicted molar refractivity (Wildman–Crippen MR) is 71.8 cm³/mol. The molecule has 1 unspecified atom stereocenters. The van der Waals surface area contributed by atoms with Crippen molar-refractivity contribution in [2.75, 3.05) is 0 Å². The van der Waals surface area contributed by atoms with E-state index in [1.807, 2.05) is 0 Å². The molecule has 5 nitrogen and oxygen atoms in total. The van der Waals surface area contributed by atoms with Crippen molar-refractivity contribution in [3.05, 3.63) is 13.6 Å². The summed E-state index contributed by atoms with van der Waals surface area (Å²) in [6, 6.07) is 0.799. The van der Waals surface area contributed by atoms with Crippen LogP contribution in [0.25, 0.3) is 0 Å². The van der Waals surface area contributed by atoms with Crippen molar-refractivity contribution in [1.29, 1.82) is 0 Å². The van der Waals surface area contributed by atoms with Gasteiger partial charge in [-0.3, -0.25) is 4.79 Å². The van der Waals surface area contributed by atoms with Crippen molar-refractivity contribution in [2.45, 2.75) is 24.3 Å². The van der Waals surface area contributed by atoms with Crippen LogP contribution in [0.2, 0.25) is 0 Å². The average molecular weight is 407 g/mol. The second-order valence-corrected chi connectivity index (χ2v) is 8.74. The van der Waals surface area contributed by atoms with Crippen molar-refractivity contribution in [1.82, 2.24) is 4.72 Å². The molecule has 0 aliphatic carbocycles. The molecule has 1 aromatic rings. The second kappa shape index (κ2) is 5.79. The molecule has 1 atom stereocenters. The van der Waals surface area contributed by atoms with Crippen molar-refractivity contribution >= 4 is 59.2 Å². The Hall–Kier alpha value is 0.0400. The van der Waals surface area contributed by atoms with Crippen LogP contribution in [-0.2, 0) is 14.8 Å². The molecule has 9 heteroatoms. The lowest BCUT2D eigenvalue weighted by Gasteiger charge is -2.11. The smallest absolute Gasteiger partial charge is 0.304 e. The molecule has 1 heterocycles. The fraction of sp³-hybridized carbons (Fsp3) is 0.375. The number of carbonyl (C=O) groups is 1. The average Bonchev–Trinajstić information content (AvgIpc) is 2.42. The molecule has 0 bridgehead atoms. The van der Waals surface area contributed by atoms with Gasteiger partial charge in [0.2, 0.25) is 10.0 Å². The fourth-order valence-electron chi connectivity index (χ4n) is 1.14. The van der Waals surface area contributed by atoms with Crippen LogP contribution in [0.4, 0.5) is 0 Å². The third-order valence-electron chi connectivity index (χ3n) is 1.75. The minimum atomic E-state index is -3.69. The summed E-state index contributed by atoms with van der Waals surface area (Å²) >= 11 is 7.57. The maximum atomic E-state index is 11.9. The van der Waals surface area contributed by atoms with Crippen LogP contribution in [0.1, 0.15) is 13.3 Å². The summed E-state index contributed by atoms with van der Waals surface area (Å²) in [5, 5.41) is 8.56. The Labute approximate surface area is 120 Å². The zero-order chi connectivity index (χ0) is 13.2. The van der Waals surface area contributed by atoms with Gasteiger partial charge in [0.15, 0.2) is 0 Å². The number of rotatable bonds is 5. The Morgan fingerprint density at radius 2 is 2.18 bits per heavy atom. The molecule has 0 amide bonds. The zero-order valence-electron chi connectivity index (χ0n) is 8.61. The van der Waals surface area contributed by atoms with E-state index in [0.717, 1.165) is 0 Å².